The van der Waals surface area contributed by atoms with E-state index in [1.54, 1.807) is 16.2 Å². The number of amides is 3. The number of nitrogens with one attached hydrogen (secondary N) is 2. The van der Waals surface area contributed by atoms with E-state index in [-0.39, 0.29) is 30.2 Å². The van der Waals surface area contributed by atoms with E-state index in [4.69, 9.17) is 4.74 Å². The minimum Gasteiger partial charge on any atom is -0.444 e. The van der Waals surface area contributed by atoms with Crippen LogP contribution in [0, 0.1) is 11.3 Å². The van der Waals surface area contributed by atoms with Crippen LogP contribution in [0.25, 0.3) is 11.0 Å². The third-order valence-electron chi connectivity index (χ3n) is 10.5. The van der Waals surface area contributed by atoms with Crippen molar-refractivity contribution in [3.05, 3.63) is 34.2 Å². The molecule has 1 aromatic carbocycles. The van der Waals surface area contributed by atoms with Crippen LogP contribution in [-0.2, 0) is 27.8 Å². The van der Waals surface area contributed by atoms with Crippen LogP contribution >= 0.6 is 0 Å². The van der Waals surface area contributed by atoms with Gasteiger partial charge in [0.15, 0.2) is 0 Å². The van der Waals surface area contributed by atoms with Gasteiger partial charge in [-0.25, -0.2) is 9.59 Å². The van der Waals surface area contributed by atoms with Crippen LogP contribution in [0.1, 0.15) is 83.7 Å². The standard InChI is InChI=1S/C34H50N6O5/c1-33(2,3)45-31(43)35-25-10-8-23(9-11-25)20-38-18-15-34(16-19-38)21-39(22-34)17-14-24-6-5-7-26-29(24)37(4)32(44)40(26)27-12-13-28(41)36-30(27)42/h5-7,23,25,27H,8-22H2,1-4H3,(H,35,43)(H,36,41,42). The molecule has 3 aliphatic heterocycles. The number of aryl methyl sites for hydroxylation is 1. The molecule has 1 aromatic heterocycles. The molecule has 3 saturated heterocycles. The van der Waals surface area contributed by atoms with E-state index in [1.165, 1.54) is 32.5 Å². The molecule has 6 rings (SSSR count). The first kappa shape index (κ1) is 31.8. The van der Waals surface area contributed by atoms with Gasteiger partial charge in [-0.05, 0) is 108 Å². The number of piperidine rings is 2. The summed E-state index contributed by atoms with van der Waals surface area (Å²) >= 11 is 0. The second-order valence-electron chi connectivity index (χ2n) is 15.1. The van der Waals surface area contributed by atoms with E-state index in [0.29, 0.717) is 17.8 Å². The fourth-order valence-corrected chi connectivity index (χ4v) is 8.15. The Labute approximate surface area is 265 Å². The highest BCUT2D eigenvalue weighted by atomic mass is 16.6. The predicted molar refractivity (Wildman–Crippen MR) is 172 cm³/mol. The van der Waals surface area contributed by atoms with Crippen LogP contribution in [0.15, 0.2) is 23.0 Å². The molecule has 4 fully saturated rings. The molecule has 1 saturated carbocycles. The van der Waals surface area contributed by atoms with Crippen molar-refractivity contribution < 1.29 is 19.1 Å². The molecule has 4 heterocycles. The van der Waals surface area contributed by atoms with Gasteiger partial charge in [0.1, 0.15) is 11.6 Å². The lowest BCUT2D eigenvalue weighted by atomic mass is 9.71. The number of aromatic nitrogens is 2. The molecule has 45 heavy (non-hydrogen) atoms. The van der Waals surface area contributed by atoms with Gasteiger partial charge in [0.25, 0.3) is 0 Å². The summed E-state index contributed by atoms with van der Waals surface area (Å²) in [6, 6.07) is 5.53. The first-order valence-corrected chi connectivity index (χ1v) is 16.9. The number of hydrogen-bond acceptors (Lipinski definition) is 7. The Kier molecular flexibility index (Phi) is 8.86. The van der Waals surface area contributed by atoms with E-state index < -0.39 is 17.6 Å². The van der Waals surface area contributed by atoms with Gasteiger partial charge in [0.2, 0.25) is 11.8 Å². The number of carbonyl (C=O) groups is 3. The second-order valence-corrected chi connectivity index (χ2v) is 15.1. The Bertz CT molecular complexity index is 1480. The number of nitrogens with zero attached hydrogens (tertiary/aromatic N) is 4. The molecule has 3 amide bonds. The van der Waals surface area contributed by atoms with Crippen molar-refractivity contribution in [1.82, 2.24) is 29.6 Å². The molecule has 11 heteroatoms. The Morgan fingerprint density at radius 1 is 1.02 bits per heavy atom. The molecule has 1 atom stereocenters. The normalized spacial score (nSPS) is 26.1. The summed E-state index contributed by atoms with van der Waals surface area (Å²) in [6.45, 7) is 12.4. The quantitative estimate of drug-likeness (QED) is 0.455. The Morgan fingerprint density at radius 2 is 1.73 bits per heavy atom. The zero-order chi connectivity index (χ0) is 31.9. The number of fused-ring (bicyclic) bond motifs is 1. The van der Waals surface area contributed by atoms with Crippen molar-refractivity contribution in [1.29, 1.82) is 0 Å². The molecule has 246 valence electrons. The fraction of sp³-hybridized carbons (Fsp3) is 0.706. The van der Waals surface area contributed by atoms with Crippen LogP contribution < -0.4 is 16.3 Å². The lowest BCUT2D eigenvalue weighted by molar-refractivity contribution is -0.135. The van der Waals surface area contributed by atoms with Gasteiger partial charge in [-0.2, -0.15) is 0 Å². The molecule has 2 N–H and O–H groups in total. The predicted octanol–water partition coefficient (Wildman–Crippen LogP) is 3.34. The molecule has 1 aliphatic carbocycles. The van der Waals surface area contributed by atoms with Gasteiger partial charge in [-0.1, -0.05) is 12.1 Å². The van der Waals surface area contributed by atoms with Gasteiger partial charge in [0.05, 0.1) is 11.0 Å². The molecule has 0 radical (unpaired) electrons. The number of hydrogen-bond donors (Lipinski definition) is 2. The lowest BCUT2D eigenvalue weighted by Gasteiger charge is -2.54. The molecular weight excluding hydrogens is 572 g/mol. The number of benzene rings is 1. The number of rotatable bonds is 7. The number of imidazole rings is 1. The third-order valence-corrected chi connectivity index (χ3v) is 10.5. The van der Waals surface area contributed by atoms with Gasteiger partial charge in [-0.3, -0.25) is 24.0 Å². The molecule has 0 bridgehead atoms. The van der Waals surface area contributed by atoms with Crippen LogP contribution in [0.4, 0.5) is 4.79 Å². The van der Waals surface area contributed by atoms with Gasteiger partial charge >= 0.3 is 11.8 Å². The first-order valence-electron chi connectivity index (χ1n) is 16.9. The molecule has 2 aromatic rings. The number of carbonyl (C=O) groups excluding carboxylic acids is 3. The number of para-hydroxylation sites is 1. The number of likely N-dealkylation sites (tertiary alicyclic amines) is 2. The van der Waals surface area contributed by atoms with E-state index in [1.807, 2.05) is 32.9 Å². The van der Waals surface area contributed by atoms with Gasteiger partial charge < -0.3 is 19.9 Å². The molecular formula is C34H50N6O5. The first-order chi connectivity index (χ1) is 21.4. The van der Waals surface area contributed by atoms with Gasteiger partial charge in [0, 0.05) is 45.7 Å². The highest BCUT2D eigenvalue weighted by Gasteiger charge is 2.44. The SMILES string of the molecule is Cn1c(=O)n(C2CCC(=O)NC2=O)c2cccc(CCN3CC4(CCN(CC5CCC(NC(=O)OC(C)(C)C)CC5)CC4)C3)c21. The average molecular weight is 623 g/mol. The van der Waals surface area contributed by atoms with Crippen molar-refractivity contribution in [3.8, 4) is 0 Å². The highest BCUT2D eigenvalue weighted by Crippen LogP contribution is 2.41. The summed E-state index contributed by atoms with van der Waals surface area (Å²) in [5, 5.41) is 5.45. The van der Waals surface area contributed by atoms with Crippen molar-refractivity contribution in [2.45, 2.75) is 96.2 Å². The fourth-order valence-electron chi connectivity index (χ4n) is 8.15. The Morgan fingerprint density at radius 3 is 2.40 bits per heavy atom. The van der Waals surface area contributed by atoms with E-state index >= 15 is 0 Å². The molecule has 1 spiro atoms. The van der Waals surface area contributed by atoms with E-state index in [9.17, 15) is 19.2 Å². The maximum Gasteiger partial charge on any atom is 0.407 e. The number of ether oxygens (including phenoxy) is 1. The minimum absolute atomic E-state index is 0.216. The van der Waals surface area contributed by atoms with Crippen molar-refractivity contribution in [2.24, 2.45) is 18.4 Å². The van der Waals surface area contributed by atoms with Crippen molar-refractivity contribution >= 4 is 28.9 Å². The topological polar surface area (TPSA) is 118 Å². The average Bonchev–Trinajstić information content (AvgIpc) is 3.21. The smallest absolute Gasteiger partial charge is 0.407 e. The summed E-state index contributed by atoms with van der Waals surface area (Å²) in [6.07, 6.45) is 8.00. The summed E-state index contributed by atoms with van der Waals surface area (Å²) in [5.74, 6) is 0.0250. The molecule has 1 unspecified atom stereocenters. The van der Waals surface area contributed by atoms with Crippen molar-refractivity contribution in [2.75, 3.05) is 39.3 Å². The summed E-state index contributed by atoms with van der Waals surface area (Å²) < 4.78 is 8.66. The van der Waals surface area contributed by atoms with Crippen molar-refractivity contribution in [3.63, 3.8) is 0 Å². The molecule has 4 aliphatic rings. The maximum absolute atomic E-state index is 13.2. The second kappa shape index (κ2) is 12.5. The number of imide groups is 1. The number of alkyl carbamates (subject to hydrolysis) is 1. The van der Waals surface area contributed by atoms with Gasteiger partial charge in [-0.15, -0.1) is 0 Å². The minimum atomic E-state index is -0.661. The van der Waals surface area contributed by atoms with Crippen LogP contribution in [-0.4, -0.2) is 87.8 Å². The Hall–Kier alpha value is -3.18. The zero-order valence-corrected chi connectivity index (χ0v) is 27.4. The zero-order valence-electron chi connectivity index (χ0n) is 27.4. The molecule has 11 nitrogen and oxygen atoms in total. The summed E-state index contributed by atoms with van der Waals surface area (Å²) in [4.78, 5) is 54.8. The Balaban J connectivity index is 0.955. The van der Waals surface area contributed by atoms with E-state index in [0.717, 1.165) is 68.3 Å². The lowest BCUT2D eigenvalue weighted by Crippen LogP contribution is -2.60. The summed E-state index contributed by atoms with van der Waals surface area (Å²) in [5.41, 5.74) is 2.51. The van der Waals surface area contributed by atoms with Crippen LogP contribution in [0.3, 0.4) is 0 Å². The largest absolute Gasteiger partial charge is 0.444 e. The van der Waals surface area contributed by atoms with Crippen LogP contribution in [0.5, 0.6) is 0 Å². The summed E-state index contributed by atoms with van der Waals surface area (Å²) in [7, 11) is 1.77. The third kappa shape index (κ3) is 6.99. The van der Waals surface area contributed by atoms with Crippen LogP contribution in [0.2, 0.25) is 0 Å². The van der Waals surface area contributed by atoms with E-state index in [2.05, 4.69) is 26.5 Å². The highest BCUT2D eigenvalue weighted by molar-refractivity contribution is 6.00. The monoisotopic (exact) mass is 622 g/mol. The maximum atomic E-state index is 13.2.